The van der Waals surface area contributed by atoms with Crippen molar-refractivity contribution >= 4 is 39.3 Å². The molecule has 3 aromatic carbocycles. The summed E-state index contributed by atoms with van der Waals surface area (Å²) < 4.78 is 6.71. The van der Waals surface area contributed by atoms with Crippen LogP contribution in [0.15, 0.2) is 77.3 Å². The van der Waals surface area contributed by atoms with E-state index < -0.39 is 11.6 Å². The van der Waals surface area contributed by atoms with E-state index in [0.717, 1.165) is 27.6 Å². The summed E-state index contributed by atoms with van der Waals surface area (Å²) in [6.07, 6.45) is 1.25. The Morgan fingerprint density at radius 1 is 1.00 bits per heavy atom. The Morgan fingerprint density at radius 3 is 2.30 bits per heavy atom. The van der Waals surface area contributed by atoms with Gasteiger partial charge in [0, 0.05) is 23.5 Å². The molecule has 0 fully saturated rings. The molecule has 3 rings (SSSR count). The fourth-order valence-corrected chi connectivity index (χ4v) is 4.66. The van der Waals surface area contributed by atoms with Crippen molar-refractivity contribution in [2.75, 3.05) is 6.61 Å². The first kappa shape index (κ1) is 28.7. The minimum atomic E-state index is -0.764. The lowest BCUT2D eigenvalue weighted by molar-refractivity contribution is -0.143. The van der Waals surface area contributed by atoms with Crippen molar-refractivity contribution in [3.8, 4) is 5.75 Å². The smallest absolute Gasteiger partial charge is 0.261 e. The Morgan fingerprint density at radius 2 is 1.68 bits per heavy atom. The lowest BCUT2D eigenvalue weighted by atomic mass is 10.0. The molecule has 0 aliphatic carbocycles. The number of hydrogen-bond acceptors (Lipinski definition) is 3. The van der Waals surface area contributed by atoms with Gasteiger partial charge in [-0.05, 0) is 78.0 Å². The van der Waals surface area contributed by atoms with E-state index in [9.17, 15) is 9.59 Å². The minimum Gasteiger partial charge on any atom is -0.483 e. The molecule has 0 radical (unpaired) electrons. The number of carbonyl (C=O) groups is 2. The van der Waals surface area contributed by atoms with Crippen LogP contribution in [0.25, 0.3) is 0 Å². The number of nitrogens with zero attached hydrogens (tertiary/aromatic N) is 1. The van der Waals surface area contributed by atoms with Crippen LogP contribution in [0.1, 0.15) is 44.4 Å². The second kappa shape index (κ2) is 13.1. The number of benzene rings is 3. The van der Waals surface area contributed by atoms with Crippen molar-refractivity contribution in [3.05, 3.63) is 99.0 Å². The van der Waals surface area contributed by atoms with Crippen molar-refractivity contribution in [1.82, 2.24) is 10.2 Å². The highest BCUT2D eigenvalue weighted by atomic mass is 79.9. The maximum atomic E-state index is 13.7. The zero-order valence-electron chi connectivity index (χ0n) is 21.8. The van der Waals surface area contributed by atoms with Crippen molar-refractivity contribution in [1.29, 1.82) is 0 Å². The summed E-state index contributed by atoms with van der Waals surface area (Å²) in [5, 5.41) is 3.59. The summed E-state index contributed by atoms with van der Waals surface area (Å²) in [4.78, 5) is 28.9. The van der Waals surface area contributed by atoms with Crippen LogP contribution in [-0.2, 0) is 29.0 Å². The Hall–Kier alpha value is -2.83. The molecular weight excluding hydrogens is 552 g/mol. The highest BCUT2D eigenvalue weighted by molar-refractivity contribution is 9.10. The van der Waals surface area contributed by atoms with Gasteiger partial charge >= 0.3 is 0 Å². The molecule has 196 valence electrons. The van der Waals surface area contributed by atoms with Crippen LogP contribution in [0, 0.1) is 0 Å². The van der Waals surface area contributed by atoms with Crippen molar-refractivity contribution in [2.45, 2.75) is 58.7 Å². The molecule has 3 aromatic rings. The highest BCUT2D eigenvalue weighted by Gasteiger charge is 2.32. The SMILES string of the molecule is CCc1ccc(OCC(=O)N(Cc2ccccc2Cl)[C@H](Cc2ccccc2)C(=O)NC(C)(C)C)c(Br)c1. The maximum absolute atomic E-state index is 13.7. The third-order valence-electron chi connectivity index (χ3n) is 5.82. The van der Waals surface area contributed by atoms with Gasteiger partial charge in [-0.25, -0.2) is 0 Å². The van der Waals surface area contributed by atoms with E-state index in [0.29, 0.717) is 17.2 Å². The van der Waals surface area contributed by atoms with Gasteiger partial charge < -0.3 is 15.0 Å². The first-order valence-electron chi connectivity index (χ1n) is 12.4. The number of nitrogens with one attached hydrogen (secondary N) is 1. The predicted octanol–water partition coefficient (Wildman–Crippen LogP) is 6.60. The van der Waals surface area contributed by atoms with Gasteiger partial charge in [-0.1, -0.05) is 73.1 Å². The third kappa shape index (κ3) is 8.61. The molecule has 0 bridgehead atoms. The number of hydrogen-bond donors (Lipinski definition) is 1. The highest BCUT2D eigenvalue weighted by Crippen LogP contribution is 2.27. The molecule has 0 unspecified atom stereocenters. The zero-order valence-corrected chi connectivity index (χ0v) is 24.1. The van der Waals surface area contributed by atoms with Crippen LogP contribution in [0.2, 0.25) is 5.02 Å². The summed E-state index contributed by atoms with van der Waals surface area (Å²) in [7, 11) is 0. The average molecular weight is 586 g/mol. The second-order valence-electron chi connectivity index (χ2n) is 9.96. The van der Waals surface area contributed by atoms with Crippen LogP contribution in [0.3, 0.4) is 0 Å². The van der Waals surface area contributed by atoms with E-state index in [-0.39, 0.29) is 25.0 Å². The van der Waals surface area contributed by atoms with Crippen LogP contribution in [-0.4, -0.2) is 34.9 Å². The minimum absolute atomic E-state index is 0.173. The fourth-order valence-electron chi connectivity index (χ4n) is 3.92. The number of rotatable bonds is 10. The van der Waals surface area contributed by atoms with Gasteiger partial charge in [0.05, 0.1) is 4.47 Å². The molecule has 7 heteroatoms. The van der Waals surface area contributed by atoms with Gasteiger partial charge in [0.2, 0.25) is 5.91 Å². The van der Waals surface area contributed by atoms with Gasteiger partial charge in [0.25, 0.3) is 5.91 Å². The standard InChI is InChI=1S/C30H34BrClN2O3/c1-5-21-15-16-27(24(31)17-21)37-20-28(35)34(19-23-13-9-10-14-25(23)32)26(29(36)33-30(2,3)4)18-22-11-7-6-8-12-22/h6-17,26H,5,18-20H2,1-4H3,(H,33,36)/t26-/m1/s1. The van der Waals surface area contributed by atoms with E-state index in [1.54, 1.807) is 11.0 Å². The van der Waals surface area contributed by atoms with Crippen LogP contribution in [0.4, 0.5) is 0 Å². The Kier molecular flexibility index (Phi) is 10.2. The van der Waals surface area contributed by atoms with Crippen molar-refractivity contribution in [3.63, 3.8) is 0 Å². The lowest BCUT2D eigenvalue weighted by Crippen LogP contribution is -2.55. The molecule has 5 nitrogen and oxygen atoms in total. The molecule has 37 heavy (non-hydrogen) atoms. The van der Waals surface area contributed by atoms with Gasteiger partial charge in [0.15, 0.2) is 6.61 Å². The molecule has 0 aliphatic heterocycles. The van der Waals surface area contributed by atoms with Gasteiger partial charge in [0.1, 0.15) is 11.8 Å². The molecule has 0 saturated carbocycles. The van der Waals surface area contributed by atoms with E-state index in [1.165, 1.54) is 0 Å². The summed E-state index contributed by atoms with van der Waals surface area (Å²) in [5.41, 5.74) is 2.40. The molecule has 1 atom stereocenters. The third-order valence-corrected chi connectivity index (χ3v) is 6.81. The van der Waals surface area contributed by atoms with Crippen LogP contribution in [0.5, 0.6) is 5.75 Å². The summed E-state index contributed by atoms with van der Waals surface area (Å²) in [6, 6.07) is 22.1. The van der Waals surface area contributed by atoms with E-state index in [4.69, 9.17) is 16.3 Å². The maximum Gasteiger partial charge on any atom is 0.261 e. The predicted molar refractivity (Wildman–Crippen MR) is 153 cm³/mol. The van der Waals surface area contributed by atoms with Crippen molar-refractivity contribution < 1.29 is 14.3 Å². The topological polar surface area (TPSA) is 58.6 Å². The number of ether oxygens (including phenoxy) is 1. The zero-order chi connectivity index (χ0) is 27.0. The number of carbonyl (C=O) groups excluding carboxylic acids is 2. The van der Waals surface area contributed by atoms with E-state index in [2.05, 4.69) is 28.2 Å². The molecule has 0 aromatic heterocycles. The lowest BCUT2D eigenvalue weighted by Gasteiger charge is -2.34. The molecule has 0 aliphatic rings. The van der Waals surface area contributed by atoms with E-state index in [1.807, 2.05) is 87.5 Å². The largest absolute Gasteiger partial charge is 0.483 e. The summed E-state index contributed by atoms with van der Waals surface area (Å²) in [6.45, 7) is 7.80. The molecule has 0 saturated heterocycles. The first-order valence-corrected chi connectivity index (χ1v) is 13.5. The Bertz CT molecular complexity index is 1210. The van der Waals surface area contributed by atoms with E-state index >= 15 is 0 Å². The molecular formula is C30H34BrClN2O3. The summed E-state index contributed by atoms with van der Waals surface area (Å²) >= 11 is 10.0. The molecule has 0 spiro atoms. The average Bonchev–Trinajstić information content (AvgIpc) is 2.85. The van der Waals surface area contributed by atoms with Crippen LogP contribution >= 0.6 is 27.5 Å². The fraction of sp³-hybridized carbons (Fsp3) is 0.333. The number of aryl methyl sites for hydroxylation is 1. The normalized spacial score (nSPS) is 12.1. The quantitative estimate of drug-likeness (QED) is 0.292. The number of halogens is 2. The molecule has 2 amide bonds. The Labute approximate surface area is 233 Å². The number of amides is 2. The van der Waals surface area contributed by atoms with Gasteiger partial charge in [-0.3, -0.25) is 9.59 Å². The first-order chi connectivity index (χ1) is 17.6. The monoisotopic (exact) mass is 584 g/mol. The Balaban J connectivity index is 1.94. The van der Waals surface area contributed by atoms with Gasteiger partial charge in [-0.15, -0.1) is 0 Å². The second-order valence-corrected chi connectivity index (χ2v) is 11.2. The van der Waals surface area contributed by atoms with Crippen LogP contribution < -0.4 is 10.1 Å². The molecule has 0 heterocycles. The molecule has 1 N–H and O–H groups in total. The van der Waals surface area contributed by atoms with Gasteiger partial charge in [-0.2, -0.15) is 0 Å². The van der Waals surface area contributed by atoms with Crippen molar-refractivity contribution in [2.24, 2.45) is 0 Å². The summed E-state index contributed by atoms with van der Waals surface area (Å²) in [5.74, 6) is 0.0311.